The molecule has 5 heteroatoms. The zero-order chi connectivity index (χ0) is 16.7. The standard InChI is InChI=1S/C18H28N2O2S/c1-14-10-15(2)17(16(3)11-14)23(21,22)20-9-5-7-18(13-20)6-4-8-19-12-18/h10-11,19H,4-9,12-13H2,1-3H3. The minimum atomic E-state index is -3.41. The number of benzene rings is 1. The lowest BCUT2D eigenvalue weighted by Gasteiger charge is -2.45. The van der Waals surface area contributed by atoms with E-state index in [-0.39, 0.29) is 5.41 Å². The summed E-state index contributed by atoms with van der Waals surface area (Å²) in [4.78, 5) is 0.518. The van der Waals surface area contributed by atoms with Crippen molar-refractivity contribution in [3.05, 3.63) is 28.8 Å². The summed E-state index contributed by atoms with van der Waals surface area (Å²) >= 11 is 0. The molecule has 0 aromatic heterocycles. The van der Waals surface area contributed by atoms with Crippen molar-refractivity contribution in [3.63, 3.8) is 0 Å². The number of hydrogen-bond acceptors (Lipinski definition) is 3. The fourth-order valence-corrected chi connectivity index (χ4v) is 6.45. The van der Waals surface area contributed by atoms with Gasteiger partial charge >= 0.3 is 0 Å². The molecular formula is C18H28N2O2S. The van der Waals surface area contributed by atoms with Gasteiger partial charge in [0.2, 0.25) is 10.0 Å². The Morgan fingerprint density at radius 1 is 1.09 bits per heavy atom. The first kappa shape index (κ1) is 16.9. The molecule has 2 fully saturated rings. The molecule has 23 heavy (non-hydrogen) atoms. The van der Waals surface area contributed by atoms with Crippen molar-refractivity contribution >= 4 is 10.0 Å². The van der Waals surface area contributed by atoms with Crippen molar-refractivity contribution in [1.29, 1.82) is 0 Å². The molecule has 2 aliphatic heterocycles. The fourth-order valence-electron chi connectivity index (χ4n) is 4.45. The zero-order valence-corrected chi connectivity index (χ0v) is 15.3. The van der Waals surface area contributed by atoms with Crippen LogP contribution in [0, 0.1) is 26.2 Å². The summed E-state index contributed by atoms with van der Waals surface area (Å²) < 4.78 is 28.3. The third-order valence-electron chi connectivity index (χ3n) is 5.39. The van der Waals surface area contributed by atoms with Gasteiger partial charge in [0.05, 0.1) is 4.90 Å². The first-order chi connectivity index (χ1) is 10.8. The van der Waals surface area contributed by atoms with Gasteiger partial charge in [0.25, 0.3) is 0 Å². The first-order valence-corrected chi connectivity index (χ1v) is 10.1. The second-order valence-electron chi connectivity index (χ2n) is 7.45. The molecule has 1 atom stereocenters. The van der Waals surface area contributed by atoms with Crippen LogP contribution in [-0.2, 0) is 10.0 Å². The van der Waals surface area contributed by atoms with Gasteiger partial charge in [-0.15, -0.1) is 0 Å². The number of sulfonamides is 1. The van der Waals surface area contributed by atoms with Gasteiger partial charge in [-0.25, -0.2) is 8.42 Å². The van der Waals surface area contributed by atoms with Crippen molar-refractivity contribution in [2.24, 2.45) is 5.41 Å². The second kappa shape index (κ2) is 6.19. The van der Waals surface area contributed by atoms with Crippen LogP contribution in [0.1, 0.15) is 42.4 Å². The first-order valence-electron chi connectivity index (χ1n) is 8.63. The molecule has 0 radical (unpaired) electrons. The summed E-state index contributed by atoms with van der Waals surface area (Å²) in [6.07, 6.45) is 4.39. The highest BCUT2D eigenvalue weighted by Crippen LogP contribution is 2.38. The number of aryl methyl sites for hydroxylation is 3. The van der Waals surface area contributed by atoms with Crippen LogP contribution in [0.2, 0.25) is 0 Å². The van der Waals surface area contributed by atoms with Crippen LogP contribution < -0.4 is 5.32 Å². The molecule has 128 valence electrons. The number of hydrogen-bond donors (Lipinski definition) is 1. The van der Waals surface area contributed by atoms with E-state index in [2.05, 4.69) is 5.32 Å². The van der Waals surface area contributed by atoms with E-state index in [1.165, 1.54) is 0 Å². The van der Waals surface area contributed by atoms with Crippen LogP contribution in [0.4, 0.5) is 0 Å². The third-order valence-corrected chi connectivity index (χ3v) is 7.54. The summed E-state index contributed by atoms with van der Waals surface area (Å²) in [6, 6.07) is 3.95. The lowest BCUT2D eigenvalue weighted by Crippen LogP contribution is -2.52. The van der Waals surface area contributed by atoms with Gasteiger partial charge in [0, 0.05) is 19.6 Å². The van der Waals surface area contributed by atoms with Gasteiger partial charge in [0.1, 0.15) is 0 Å². The van der Waals surface area contributed by atoms with Crippen LogP contribution in [-0.4, -0.2) is 38.9 Å². The minimum Gasteiger partial charge on any atom is -0.316 e. The predicted octanol–water partition coefficient (Wildman–Crippen LogP) is 2.77. The lowest BCUT2D eigenvalue weighted by molar-refractivity contribution is 0.110. The third kappa shape index (κ3) is 3.19. The molecule has 2 heterocycles. The highest BCUT2D eigenvalue weighted by atomic mass is 32.2. The highest BCUT2D eigenvalue weighted by Gasteiger charge is 2.41. The average molecular weight is 337 g/mol. The SMILES string of the molecule is Cc1cc(C)c(S(=O)(=O)N2CCCC3(CCCNC3)C2)c(C)c1. The summed E-state index contributed by atoms with van der Waals surface area (Å²) in [6.45, 7) is 9.16. The molecule has 1 aromatic carbocycles. The molecule has 4 nitrogen and oxygen atoms in total. The zero-order valence-electron chi connectivity index (χ0n) is 14.5. The van der Waals surface area contributed by atoms with Gasteiger partial charge in [0.15, 0.2) is 0 Å². The summed E-state index contributed by atoms with van der Waals surface area (Å²) in [5.41, 5.74) is 2.98. The molecular weight excluding hydrogens is 308 g/mol. The van der Waals surface area contributed by atoms with E-state index in [1.54, 1.807) is 4.31 Å². The van der Waals surface area contributed by atoms with Crippen molar-refractivity contribution in [2.75, 3.05) is 26.2 Å². The van der Waals surface area contributed by atoms with E-state index in [0.29, 0.717) is 18.0 Å². The fraction of sp³-hybridized carbons (Fsp3) is 0.667. The highest BCUT2D eigenvalue weighted by molar-refractivity contribution is 7.89. The maximum absolute atomic E-state index is 13.3. The molecule has 1 aromatic rings. The van der Waals surface area contributed by atoms with Crippen LogP contribution >= 0.6 is 0 Å². The maximum Gasteiger partial charge on any atom is 0.243 e. The Hall–Kier alpha value is -0.910. The molecule has 0 aliphatic carbocycles. The molecule has 2 saturated heterocycles. The van der Waals surface area contributed by atoms with Crippen molar-refractivity contribution in [1.82, 2.24) is 9.62 Å². The number of piperidine rings is 2. The molecule has 0 saturated carbocycles. The van der Waals surface area contributed by atoms with Crippen LogP contribution in [0.5, 0.6) is 0 Å². The Labute approximate surface area is 140 Å². The predicted molar refractivity (Wildman–Crippen MR) is 93.2 cm³/mol. The van der Waals surface area contributed by atoms with Crippen LogP contribution in [0.15, 0.2) is 17.0 Å². The smallest absolute Gasteiger partial charge is 0.243 e. The van der Waals surface area contributed by atoms with Gasteiger partial charge in [-0.05, 0) is 69.5 Å². The molecule has 2 aliphatic rings. The van der Waals surface area contributed by atoms with Crippen LogP contribution in [0.25, 0.3) is 0 Å². The quantitative estimate of drug-likeness (QED) is 0.903. The minimum absolute atomic E-state index is 0.135. The Morgan fingerprint density at radius 2 is 1.74 bits per heavy atom. The summed E-state index contributed by atoms with van der Waals surface area (Å²) in [7, 11) is -3.41. The number of nitrogens with zero attached hydrogens (tertiary/aromatic N) is 1. The Bertz CT molecular complexity index is 662. The molecule has 3 rings (SSSR count). The lowest BCUT2D eigenvalue weighted by atomic mass is 9.75. The van der Waals surface area contributed by atoms with E-state index in [0.717, 1.165) is 55.5 Å². The number of nitrogens with one attached hydrogen (secondary N) is 1. The summed E-state index contributed by atoms with van der Waals surface area (Å²) in [5.74, 6) is 0. The Morgan fingerprint density at radius 3 is 2.35 bits per heavy atom. The summed E-state index contributed by atoms with van der Waals surface area (Å²) in [5, 5.41) is 3.47. The van der Waals surface area contributed by atoms with E-state index in [1.807, 2.05) is 32.9 Å². The van der Waals surface area contributed by atoms with Gasteiger partial charge < -0.3 is 5.32 Å². The molecule has 1 N–H and O–H groups in total. The topological polar surface area (TPSA) is 49.4 Å². The average Bonchev–Trinajstić information content (AvgIpc) is 2.46. The molecule has 1 spiro atoms. The van der Waals surface area contributed by atoms with Crippen molar-refractivity contribution < 1.29 is 8.42 Å². The monoisotopic (exact) mass is 336 g/mol. The Kier molecular flexibility index (Phi) is 4.55. The van der Waals surface area contributed by atoms with Gasteiger partial charge in [-0.3, -0.25) is 0 Å². The van der Waals surface area contributed by atoms with Crippen molar-refractivity contribution in [3.8, 4) is 0 Å². The molecule has 1 unspecified atom stereocenters. The largest absolute Gasteiger partial charge is 0.316 e. The van der Waals surface area contributed by atoms with E-state index < -0.39 is 10.0 Å². The second-order valence-corrected chi connectivity index (χ2v) is 9.33. The van der Waals surface area contributed by atoms with E-state index in [9.17, 15) is 8.42 Å². The van der Waals surface area contributed by atoms with Gasteiger partial charge in [-0.1, -0.05) is 17.7 Å². The van der Waals surface area contributed by atoms with E-state index in [4.69, 9.17) is 0 Å². The van der Waals surface area contributed by atoms with Crippen LogP contribution in [0.3, 0.4) is 0 Å². The van der Waals surface area contributed by atoms with Crippen molar-refractivity contribution in [2.45, 2.75) is 51.3 Å². The number of rotatable bonds is 2. The normalized spacial score (nSPS) is 26.6. The molecule has 0 bridgehead atoms. The van der Waals surface area contributed by atoms with Gasteiger partial charge in [-0.2, -0.15) is 4.31 Å². The Balaban J connectivity index is 1.93. The van der Waals surface area contributed by atoms with E-state index >= 15 is 0 Å². The molecule has 0 amide bonds. The maximum atomic E-state index is 13.3.